The van der Waals surface area contributed by atoms with Crippen molar-refractivity contribution in [1.82, 2.24) is 0 Å². The van der Waals surface area contributed by atoms with Gasteiger partial charge >= 0.3 is 5.97 Å². The number of aliphatic hydroxyl groups excluding tert-OH is 1. The molecule has 0 rings (SSSR count). The average Bonchev–Trinajstić information content (AvgIpc) is 2.67. The Labute approximate surface area is 166 Å². The van der Waals surface area contributed by atoms with Crippen molar-refractivity contribution in [2.24, 2.45) is 0 Å². The Bertz CT molecular complexity index is 318. The van der Waals surface area contributed by atoms with E-state index in [0.29, 0.717) is 6.42 Å². The van der Waals surface area contributed by atoms with Crippen molar-refractivity contribution in [2.75, 3.05) is 13.2 Å². The minimum Gasteiger partial charge on any atom is -0.459 e. The number of rotatable bonds is 18. The van der Waals surface area contributed by atoms with Gasteiger partial charge in [0.15, 0.2) is 0 Å². The van der Waals surface area contributed by atoms with Crippen LogP contribution < -0.4 is 0 Å². The Morgan fingerprint density at radius 3 is 1.52 bits per heavy atom. The molecule has 0 heterocycles. The number of carbonyl (C=O) groups is 1. The molecule has 0 fully saturated rings. The average molecular weight is 389 g/mol. The molecule has 162 valence electrons. The van der Waals surface area contributed by atoms with Crippen LogP contribution in [0.3, 0.4) is 0 Å². The molecule has 0 bridgehead atoms. The van der Waals surface area contributed by atoms with E-state index in [1.54, 1.807) is 0 Å². The Hall–Kier alpha value is -0.910. The summed E-state index contributed by atoms with van der Waals surface area (Å²) in [5.74, 6) is -3.50. The van der Waals surface area contributed by atoms with E-state index < -0.39 is 11.8 Å². The Kier molecular flexibility index (Phi) is 22.4. The van der Waals surface area contributed by atoms with Crippen LogP contribution in [0.15, 0.2) is 13.2 Å². The lowest BCUT2D eigenvalue weighted by molar-refractivity contribution is -0.212. The van der Waals surface area contributed by atoms with Crippen LogP contribution in [0.25, 0.3) is 0 Å². The zero-order valence-corrected chi connectivity index (χ0v) is 17.6. The maximum Gasteiger partial charge on any atom is 0.366 e. The lowest BCUT2D eigenvalue weighted by Crippen LogP contribution is -2.40. The van der Waals surface area contributed by atoms with Gasteiger partial charge in [-0.3, -0.25) is 0 Å². The molecule has 0 aromatic heterocycles. The summed E-state index contributed by atoms with van der Waals surface area (Å²) in [6.07, 6.45) is 17.1. The van der Waals surface area contributed by atoms with Gasteiger partial charge in [0.2, 0.25) is 0 Å². The van der Waals surface area contributed by atoms with Gasteiger partial charge in [-0.1, -0.05) is 90.4 Å². The SMILES string of the molecule is C=C.CCCCCCCCCCCCCCCCC(O)(O)C(=O)OCCO. The third-order valence-electron chi connectivity index (χ3n) is 4.53. The zero-order chi connectivity index (χ0) is 20.8. The van der Waals surface area contributed by atoms with Crippen molar-refractivity contribution in [1.29, 1.82) is 0 Å². The molecule has 0 aliphatic heterocycles. The number of hydrogen-bond donors (Lipinski definition) is 3. The van der Waals surface area contributed by atoms with Crippen LogP contribution >= 0.6 is 0 Å². The molecular formula is C22H44O5. The number of esters is 1. The second-order valence-corrected chi connectivity index (χ2v) is 7.02. The summed E-state index contributed by atoms with van der Waals surface area (Å²) in [5.41, 5.74) is 0. The first kappa shape index (κ1) is 28.3. The number of hydrogen-bond acceptors (Lipinski definition) is 5. The van der Waals surface area contributed by atoms with Crippen molar-refractivity contribution >= 4 is 5.97 Å². The van der Waals surface area contributed by atoms with Crippen LogP contribution in [0.2, 0.25) is 0 Å². The van der Waals surface area contributed by atoms with E-state index in [0.717, 1.165) is 19.3 Å². The van der Waals surface area contributed by atoms with Gasteiger partial charge in [0.05, 0.1) is 6.61 Å². The smallest absolute Gasteiger partial charge is 0.366 e. The highest BCUT2D eigenvalue weighted by atomic mass is 16.6. The van der Waals surface area contributed by atoms with Crippen molar-refractivity contribution in [3.8, 4) is 0 Å². The van der Waals surface area contributed by atoms with Crippen LogP contribution in [-0.4, -0.2) is 40.3 Å². The molecule has 0 atom stereocenters. The molecule has 3 N–H and O–H groups in total. The van der Waals surface area contributed by atoms with Gasteiger partial charge in [-0.2, -0.15) is 0 Å². The molecule has 0 saturated heterocycles. The third-order valence-corrected chi connectivity index (χ3v) is 4.53. The van der Waals surface area contributed by atoms with Gasteiger partial charge in [-0.15, -0.1) is 13.2 Å². The molecule has 27 heavy (non-hydrogen) atoms. The lowest BCUT2D eigenvalue weighted by Gasteiger charge is -2.19. The molecule has 0 amide bonds. The number of carbonyl (C=O) groups excluding carboxylic acids is 1. The summed E-state index contributed by atoms with van der Waals surface area (Å²) >= 11 is 0. The van der Waals surface area contributed by atoms with E-state index in [1.165, 1.54) is 64.2 Å². The highest BCUT2D eigenvalue weighted by Gasteiger charge is 2.34. The first-order valence-electron chi connectivity index (χ1n) is 10.8. The first-order valence-corrected chi connectivity index (χ1v) is 10.8. The fourth-order valence-electron chi connectivity index (χ4n) is 2.92. The van der Waals surface area contributed by atoms with Crippen LogP contribution in [0, 0.1) is 0 Å². The summed E-state index contributed by atoms with van der Waals surface area (Å²) < 4.78 is 4.54. The maximum absolute atomic E-state index is 11.4. The third kappa shape index (κ3) is 19.7. The predicted molar refractivity (Wildman–Crippen MR) is 111 cm³/mol. The second kappa shape index (κ2) is 21.4. The molecule has 0 unspecified atom stereocenters. The molecule has 0 aliphatic rings. The van der Waals surface area contributed by atoms with Crippen molar-refractivity contribution < 1.29 is 24.9 Å². The van der Waals surface area contributed by atoms with Crippen molar-refractivity contribution in [3.63, 3.8) is 0 Å². The Balaban J connectivity index is 0. The molecule has 0 aromatic carbocycles. The monoisotopic (exact) mass is 388 g/mol. The van der Waals surface area contributed by atoms with Crippen LogP contribution in [0.4, 0.5) is 0 Å². The normalized spacial score (nSPS) is 11.0. The molecule has 5 nitrogen and oxygen atoms in total. The lowest BCUT2D eigenvalue weighted by atomic mass is 10.0. The molecule has 0 aliphatic carbocycles. The topological polar surface area (TPSA) is 87.0 Å². The summed E-state index contributed by atoms with van der Waals surface area (Å²) in [5, 5.41) is 27.7. The van der Waals surface area contributed by atoms with E-state index in [-0.39, 0.29) is 19.6 Å². The van der Waals surface area contributed by atoms with Gasteiger partial charge in [0.1, 0.15) is 6.61 Å². The van der Waals surface area contributed by atoms with Gasteiger partial charge in [-0.25, -0.2) is 4.79 Å². The largest absolute Gasteiger partial charge is 0.459 e. The van der Waals surface area contributed by atoms with E-state index >= 15 is 0 Å². The fraction of sp³-hybridized carbons (Fsp3) is 0.864. The first-order chi connectivity index (χ1) is 13.0. The van der Waals surface area contributed by atoms with Gasteiger partial charge in [0, 0.05) is 6.42 Å². The zero-order valence-electron chi connectivity index (χ0n) is 17.6. The van der Waals surface area contributed by atoms with Crippen molar-refractivity contribution in [3.05, 3.63) is 13.2 Å². The molecule has 5 heteroatoms. The van der Waals surface area contributed by atoms with Crippen LogP contribution in [0.1, 0.15) is 103 Å². The van der Waals surface area contributed by atoms with Crippen LogP contribution in [0.5, 0.6) is 0 Å². The molecule has 0 saturated carbocycles. The van der Waals surface area contributed by atoms with E-state index in [1.807, 2.05) is 0 Å². The van der Waals surface area contributed by atoms with Gasteiger partial charge < -0.3 is 20.1 Å². The summed E-state index contributed by atoms with van der Waals surface area (Å²) in [6, 6.07) is 0. The Morgan fingerprint density at radius 1 is 0.778 bits per heavy atom. The van der Waals surface area contributed by atoms with E-state index in [9.17, 15) is 15.0 Å². The number of aliphatic hydroxyl groups is 3. The summed E-state index contributed by atoms with van der Waals surface area (Å²) in [4.78, 5) is 11.4. The number of ether oxygens (including phenoxy) is 1. The maximum atomic E-state index is 11.4. The summed E-state index contributed by atoms with van der Waals surface area (Å²) in [7, 11) is 0. The molecular weight excluding hydrogens is 344 g/mol. The quantitative estimate of drug-likeness (QED) is 0.135. The number of unbranched alkanes of at least 4 members (excludes halogenated alkanes) is 13. The summed E-state index contributed by atoms with van der Waals surface area (Å²) in [6.45, 7) is 7.72. The van der Waals surface area contributed by atoms with Crippen LogP contribution in [-0.2, 0) is 9.53 Å². The molecule has 0 radical (unpaired) electrons. The standard InChI is InChI=1S/C20H40O5.C2H4/c1-2-3-4-5-6-7-8-9-10-11-12-13-14-15-16-20(23,24)19(22)25-18-17-21;1-2/h21,23-24H,2-18H2,1H3;1-2H2. The second-order valence-electron chi connectivity index (χ2n) is 7.02. The van der Waals surface area contributed by atoms with Gasteiger partial charge in [0.25, 0.3) is 5.79 Å². The van der Waals surface area contributed by atoms with E-state index in [2.05, 4.69) is 24.8 Å². The molecule has 0 aromatic rings. The minimum atomic E-state index is -2.42. The highest BCUT2D eigenvalue weighted by Crippen LogP contribution is 2.16. The van der Waals surface area contributed by atoms with Crippen molar-refractivity contribution in [2.45, 2.75) is 109 Å². The van der Waals surface area contributed by atoms with E-state index in [4.69, 9.17) is 5.11 Å². The Morgan fingerprint density at radius 2 is 1.15 bits per heavy atom. The predicted octanol–water partition coefficient (Wildman–Crippen LogP) is 4.88. The highest BCUT2D eigenvalue weighted by molar-refractivity contribution is 5.77. The fourth-order valence-corrected chi connectivity index (χ4v) is 2.92. The minimum absolute atomic E-state index is 0.0186. The van der Waals surface area contributed by atoms with Gasteiger partial charge in [-0.05, 0) is 6.42 Å². The molecule has 0 spiro atoms.